The Kier molecular flexibility index (Phi) is 2.67. The number of carbonyl (C=O) groups excluding carboxylic acids is 1. The summed E-state index contributed by atoms with van der Waals surface area (Å²) in [6.45, 7) is 0. The summed E-state index contributed by atoms with van der Waals surface area (Å²) >= 11 is 4.44. The Morgan fingerprint density at radius 2 is 2.41 bits per heavy atom. The van der Waals surface area contributed by atoms with Gasteiger partial charge in [0.25, 0.3) is 5.91 Å². The highest BCUT2D eigenvalue weighted by atomic mass is 79.9. The molecule has 8 heteroatoms. The lowest BCUT2D eigenvalue weighted by atomic mass is 10.4. The number of nitrogens with one attached hydrogen (secondary N) is 1. The van der Waals surface area contributed by atoms with Crippen LogP contribution in [0.4, 0.5) is 5.13 Å². The molecule has 1 fully saturated rings. The van der Waals surface area contributed by atoms with Crippen molar-refractivity contribution in [1.82, 2.24) is 19.4 Å². The third kappa shape index (κ3) is 2.22. The van der Waals surface area contributed by atoms with Gasteiger partial charge in [-0.2, -0.15) is 0 Å². The zero-order valence-corrected chi connectivity index (χ0v) is 11.0. The predicted molar refractivity (Wildman–Crippen MR) is 66.1 cm³/mol. The van der Waals surface area contributed by atoms with Crippen LogP contribution in [-0.2, 0) is 0 Å². The van der Waals surface area contributed by atoms with Crippen molar-refractivity contribution in [3.8, 4) is 0 Å². The summed E-state index contributed by atoms with van der Waals surface area (Å²) < 4.78 is 6.50. The van der Waals surface area contributed by atoms with Crippen molar-refractivity contribution in [2.24, 2.45) is 0 Å². The summed E-state index contributed by atoms with van der Waals surface area (Å²) in [6.07, 6.45) is 4.19. The molecule has 1 saturated carbocycles. The van der Waals surface area contributed by atoms with E-state index in [0.717, 1.165) is 28.8 Å². The van der Waals surface area contributed by atoms with E-state index in [0.29, 0.717) is 16.9 Å². The molecule has 0 saturated heterocycles. The minimum absolute atomic E-state index is 0.179. The van der Waals surface area contributed by atoms with Gasteiger partial charge in [0.05, 0.1) is 0 Å². The number of anilines is 1. The van der Waals surface area contributed by atoms with Crippen molar-refractivity contribution >= 4 is 38.5 Å². The fourth-order valence-corrected chi connectivity index (χ4v) is 2.42. The topological polar surface area (TPSA) is 72.7 Å². The Balaban J connectivity index is 1.85. The third-order valence-electron chi connectivity index (χ3n) is 2.51. The van der Waals surface area contributed by atoms with Gasteiger partial charge in [-0.3, -0.25) is 10.1 Å². The monoisotopic (exact) mass is 313 g/mol. The highest BCUT2D eigenvalue weighted by Gasteiger charge is 2.28. The van der Waals surface area contributed by atoms with Crippen molar-refractivity contribution in [2.45, 2.75) is 18.9 Å². The first-order chi connectivity index (χ1) is 8.24. The Morgan fingerprint density at radius 3 is 3.06 bits per heavy atom. The number of rotatable bonds is 3. The van der Waals surface area contributed by atoms with Crippen molar-refractivity contribution in [1.29, 1.82) is 0 Å². The molecule has 88 valence electrons. The molecule has 2 aromatic heterocycles. The summed E-state index contributed by atoms with van der Waals surface area (Å²) in [5, 5.41) is 10.2. The van der Waals surface area contributed by atoms with Crippen molar-refractivity contribution in [3.05, 3.63) is 22.4 Å². The first kappa shape index (κ1) is 10.8. The van der Waals surface area contributed by atoms with Crippen LogP contribution in [0, 0.1) is 0 Å². The molecule has 1 aliphatic carbocycles. The predicted octanol–water partition coefficient (Wildman–Crippen LogP) is 2.08. The molecule has 1 N–H and O–H groups in total. The zero-order valence-electron chi connectivity index (χ0n) is 8.63. The second kappa shape index (κ2) is 4.19. The van der Waals surface area contributed by atoms with Gasteiger partial charge in [-0.1, -0.05) is 9.59 Å². The van der Waals surface area contributed by atoms with Gasteiger partial charge in [-0.05, 0) is 40.1 Å². The average Bonchev–Trinajstić information content (AvgIpc) is 2.88. The second-order valence-electron chi connectivity index (χ2n) is 3.80. The van der Waals surface area contributed by atoms with E-state index in [1.807, 2.05) is 16.8 Å². The highest BCUT2D eigenvalue weighted by Crippen LogP contribution is 2.37. The molecule has 1 aliphatic rings. The van der Waals surface area contributed by atoms with Gasteiger partial charge in [0.2, 0.25) is 5.13 Å². The van der Waals surface area contributed by atoms with Crippen LogP contribution in [0.1, 0.15) is 29.4 Å². The van der Waals surface area contributed by atoms with E-state index in [9.17, 15) is 4.79 Å². The van der Waals surface area contributed by atoms with Crippen LogP contribution in [0.5, 0.6) is 0 Å². The van der Waals surface area contributed by atoms with Gasteiger partial charge in [0.15, 0.2) is 0 Å². The molecule has 0 bridgehead atoms. The average molecular weight is 314 g/mol. The number of aromatic nitrogens is 4. The van der Waals surface area contributed by atoms with E-state index >= 15 is 0 Å². The van der Waals surface area contributed by atoms with Crippen molar-refractivity contribution in [2.75, 3.05) is 5.32 Å². The number of carbonyl (C=O) groups is 1. The summed E-state index contributed by atoms with van der Waals surface area (Å²) in [4.78, 5) is 12.0. The molecule has 1 amide bonds. The lowest BCUT2D eigenvalue weighted by Crippen LogP contribution is -2.16. The molecule has 2 heterocycles. The van der Waals surface area contributed by atoms with Crippen LogP contribution in [0.25, 0.3) is 0 Å². The molecular formula is C9H8BrN5OS. The minimum atomic E-state index is -0.179. The largest absolute Gasteiger partial charge is 0.339 e. The van der Waals surface area contributed by atoms with Crippen LogP contribution in [0.3, 0.4) is 0 Å². The van der Waals surface area contributed by atoms with E-state index in [-0.39, 0.29) is 5.91 Å². The molecule has 0 atom stereocenters. The van der Waals surface area contributed by atoms with Gasteiger partial charge in [0, 0.05) is 28.2 Å². The molecule has 0 aromatic carbocycles. The lowest BCUT2D eigenvalue weighted by Gasteiger charge is -2.05. The summed E-state index contributed by atoms with van der Waals surface area (Å²) in [5.41, 5.74) is 0.634. The first-order valence-electron chi connectivity index (χ1n) is 5.08. The maximum Gasteiger partial charge on any atom is 0.274 e. The van der Waals surface area contributed by atoms with Crippen molar-refractivity contribution < 1.29 is 4.79 Å². The van der Waals surface area contributed by atoms with Gasteiger partial charge in [-0.25, -0.2) is 0 Å². The number of hydrogen-bond acceptors (Lipinski definition) is 5. The Hall–Kier alpha value is -1.28. The Labute approximate surface area is 109 Å². The standard InChI is InChI=1S/C9H8BrN5OS/c10-5-3-7(15(4-5)6-1-2-6)8(16)11-9-12-13-14-17-9/h3-4,6H,1-2H2,(H,11,12,14,16). The summed E-state index contributed by atoms with van der Waals surface area (Å²) in [6, 6.07) is 2.26. The van der Waals surface area contributed by atoms with Crippen LogP contribution in [0.2, 0.25) is 0 Å². The van der Waals surface area contributed by atoms with Crippen LogP contribution in [0.15, 0.2) is 16.7 Å². The Morgan fingerprint density at radius 1 is 1.59 bits per heavy atom. The maximum atomic E-state index is 12.0. The fourth-order valence-electron chi connectivity index (χ4n) is 1.63. The molecular weight excluding hydrogens is 306 g/mol. The zero-order chi connectivity index (χ0) is 11.8. The molecule has 17 heavy (non-hydrogen) atoms. The van der Waals surface area contributed by atoms with Crippen LogP contribution in [-0.4, -0.2) is 25.3 Å². The first-order valence-corrected chi connectivity index (χ1v) is 6.64. The number of nitrogens with zero attached hydrogens (tertiary/aromatic N) is 4. The quantitative estimate of drug-likeness (QED) is 0.941. The number of amides is 1. The van der Waals surface area contributed by atoms with E-state index in [2.05, 4.69) is 36.0 Å². The molecule has 0 unspecified atom stereocenters. The van der Waals surface area contributed by atoms with E-state index < -0.39 is 0 Å². The maximum absolute atomic E-state index is 12.0. The molecule has 3 rings (SSSR count). The van der Waals surface area contributed by atoms with Crippen LogP contribution >= 0.6 is 27.5 Å². The number of halogens is 1. The van der Waals surface area contributed by atoms with Gasteiger partial charge >= 0.3 is 0 Å². The van der Waals surface area contributed by atoms with Gasteiger partial charge < -0.3 is 4.57 Å². The molecule has 0 radical (unpaired) electrons. The summed E-state index contributed by atoms with van der Waals surface area (Å²) in [7, 11) is 0. The molecule has 2 aromatic rings. The number of hydrogen-bond donors (Lipinski definition) is 1. The smallest absolute Gasteiger partial charge is 0.274 e. The van der Waals surface area contributed by atoms with Gasteiger partial charge in [-0.15, -0.1) is 0 Å². The van der Waals surface area contributed by atoms with Crippen molar-refractivity contribution in [3.63, 3.8) is 0 Å². The van der Waals surface area contributed by atoms with E-state index in [1.54, 1.807) is 0 Å². The highest BCUT2D eigenvalue weighted by molar-refractivity contribution is 9.10. The normalized spacial score (nSPS) is 14.9. The molecule has 0 spiro atoms. The minimum Gasteiger partial charge on any atom is -0.339 e. The molecule has 6 nitrogen and oxygen atoms in total. The van der Waals surface area contributed by atoms with E-state index in [1.165, 1.54) is 0 Å². The van der Waals surface area contributed by atoms with E-state index in [4.69, 9.17) is 0 Å². The fraction of sp³-hybridized carbons (Fsp3) is 0.333. The Bertz CT molecular complexity index is 548. The van der Waals surface area contributed by atoms with Gasteiger partial charge in [0.1, 0.15) is 5.69 Å². The SMILES string of the molecule is O=C(Nc1nnns1)c1cc(Br)cn1C1CC1. The summed E-state index contributed by atoms with van der Waals surface area (Å²) in [5.74, 6) is -0.179. The van der Waals surface area contributed by atoms with Crippen LogP contribution < -0.4 is 5.32 Å². The third-order valence-corrected chi connectivity index (χ3v) is 3.45. The molecule has 0 aliphatic heterocycles. The lowest BCUT2D eigenvalue weighted by molar-refractivity contribution is 0.101. The second-order valence-corrected chi connectivity index (χ2v) is 5.45.